The molecular weight excluding hydrogens is 162 g/mol. The van der Waals surface area contributed by atoms with Gasteiger partial charge in [-0.3, -0.25) is 0 Å². The van der Waals surface area contributed by atoms with E-state index >= 15 is 0 Å². The van der Waals surface area contributed by atoms with Crippen LogP contribution in [0.4, 0.5) is 0 Å². The van der Waals surface area contributed by atoms with Gasteiger partial charge >= 0.3 is 0 Å². The Morgan fingerprint density at radius 2 is 1.77 bits per heavy atom. The molecule has 0 fully saturated rings. The molecule has 2 nitrogen and oxygen atoms in total. The predicted molar refractivity (Wildman–Crippen MR) is 58.0 cm³/mol. The number of likely N-dealkylation sites (N-methyl/N-ethyl adjacent to an activating group) is 1. The highest BCUT2D eigenvalue weighted by Crippen LogP contribution is 2.08. The van der Waals surface area contributed by atoms with Crippen molar-refractivity contribution in [1.82, 2.24) is 5.32 Å². The molecule has 0 rings (SSSR count). The van der Waals surface area contributed by atoms with Gasteiger partial charge in [-0.1, -0.05) is 27.7 Å². The molecule has 1 atom stereocenters. The summed E-state index contributed by atoms with van der Waals surface area (Å²) in [5, 5.41) is 3.16. The van der Waals surface area contributed by atoms with Gasteiger partial charge in [0.2, 0.25) is 0 Å². The zero-order chi connectivity index (χ0) is 10.3. The largest absolute Gasteiger partial charge is 0.377 e. The first-order valence-electron chi connectivity index (χ1n) is 5.34. The van der Waals surface area contributed by atoms with E-state index in [1.807, 2.05) is 7.05 Å². The van der Waals surface area contributed by atoms with Gasteiger partial charge in [0.25, 0.3) is 0 Å². The Bertz CT molecular complexity index is 113. The molecule has 0 aromatic rings. The first-order chi connectivity index (χ1) is 6.07. The molecule has 0 aromatic carbocycles. The van der Waals surface area contributed by atoms with Crippen LogP contribution in [0, 0.1) is 11.8 Å². The van der Waals surface area contributed by atoms with Gasteiger partial charge in [-0.05, 0) is 25.3 Å². The normalized spacial score (nSPS) is 14.1. The van der Waals surface area contributed by atoms with Gasteiger partial charge in [-0.2, -0.15) is 0 Å². The van der Waals surface area contributed by atoms with Crippen LogP contribution >= 0.6 is 0 Å². The van der Waals surface area contributed by atoms with Crippen molar-refractivity contribution in [1.29, 1.82) is 0 Å². The van der Waals surface area contributed by atoms with Gasteiger partial charge in [0.15, 0.2) is 0 Å². The molecule has 2 heteroatoms. The Hall–Kier alpha value is -0.0800. The van der Waals surface area contributed by atoms with Crippen molar-refractivity contribution in [3.8, 4) is 0 Å². The molecule has 1 unspecified atom stereocenters. The van der Waals surface area contributed by atoms with E-state index in [0.717, 1.165) is 25.5 Å². The lowest BCUT2D eigenvalue weighted by molar-refractivity contribution is 0.0187. The monoisotopic (exact) mass is 187 g/mol. The summed E-state index contributed by atoms with van der Waals surface area (Å²) in [7, 11) is 1.97. The van der Waals surface area contributed by atoms with Crippen molar-refractivity contribution >= 4 is 0 Å². The Labute approximate surface area is 83.1 Å². The summed E-state index contributed by atoms with van der Waals surface area (Å²) in [5.41, 5.74) is 0. The third kappa shape index (κ3) is 7.03. The van der Waals surface area contributed by atoms with Crippen LogP contribution in [0.2, 0.25) is 0 Å². The van der Waals surface area contributed by atoms with Gasteiger partial charge in [-0.15, -0.1) is 0 Å². The van der Waals surface area contributed by atoms with Gasteiger partial charge in [0.05, 0.1) is 6.10 Å². The maximum Gasteiger partial charge on any atom is 0.0722 e. The number of rotatable bonds is 7. The molecule has 0 saturated carbocycles. The molecule has 0 aliphatic carbocycles. The number of nitrogens with one attached hydrogen (secondary N) is 1. The highest BCUT2D eigenvalue weighted by molar-refractivity contribution is 4.64. The predicted octanol–water partition coefficient (Wildman–Crippen LogP) is 2.29. The molecule has 0 saturated heterocycles. The molecular formula is C11H25NO. The maximum atomic E-state index is 5.79. The van der Waals surface area contributed by atoms with Crippen LogP contribution in [0.1, 0.15) is 34.1 Å². The molecule has 0 radical (unpaired) electrons. The lowest BCUT2D eigenvalue weighted by Gasteiger charge is -2.21. The second kappa shape index (κ2) is 7.34. The SMILES string of the molecule is CNCC(OCCC(C)C)C(C)C. The molecule has 13 heavy (non-hydrogen) atoms. The van der Waals surface area contributed by atoms with Gasteiger partial charge in [-0.25, -0.2) is 0 Å². The Morgan fingerprint density at radius 3 is 2.15 bits per heavy atom. The van der Waals surface area contributed by atoms with Crippen molar-refractivity contribution in [2.24, 2.45) is 11.8 Å². The molecule has 1 N–H and O–H groups in total. The molecule has 0 bridgehead atoms. The topological polar surface area (TPSA) is 21.3 Å². The minimum absolute atomic E-state index is 0.365. The zero-order valence-corrected chi connectivity index (χ0v) is 9.76. The van der Waals surface area contributed by atoms with E-state index in [1.54, 1.807) is 0 Å². The molecule has 0 aliphatic heterocycles. The summed E-state index contributed by atoms with van der Waals surface area (Å²) in [4.78, 5) is 0. The summed E-state index contributed by atoms with van der Waals surface area (Å²) in [6.45, 7) is 10.7. The minimum atomic E-state index is 0.365. The van der Waals surface area contributed by atoms with Crippen LogP contribution in [-0.4, -0.2) is 26.3 Å². The van der Waals surface area contributed by atoms with Crippen LogP contribution in [0.3, 0.4) is 0 Å². The van der Waals surface area contributed by atoms with Crippen molar-refractivity contribution < 1.29 is 4.74 Å². The summed E-state index contributed by atoms with van der Waals surface area (Å²) >= 11 is 0. The van der Waals surface area contributed by atoms with Crippen molar-refractivity contribution in [3.05, 3.63) is 0 Å². The van der Waals surface area contributed by atoms with Gasteiger partial charge in [0.1, 0.15) is 0 Å². The standard InChI is InChI=1S/C11H25NO/c1-9(2)6-7-13-11(8-12-5)10(3)4/h9-12H,6-8H2,1-5H3. The maximum absolute atomic E-state index is 5.79. The summed E-state index contributed by atoms with van der Waals surface area (Å²) in [5.74, 6) is 1.34. The molecule has 80 valence electrons. The lowest BCUT2D eigenvalue weighted by atomic mass is 10.1. The highest BCUT2D eigenvalue weighted by Gasteiger charge is 2.12. The lowest BCUT2D eigenvalue weighted by Crippen LogP contribution is -2.31. The average molecular weight is 187 g/mol. The molecule has 0 heterocycles. The fraction of sp³-hybridized carbons (Fsp3) is 1.00. The Kier molecular flexibility index (Phi) is 7.29. The summed E-state index contributed by atoms with van der Waals surface area (Å²) in [6, 6.07) is 0. The summed E-state index contributed by atoms with van der Waals surface area (Å²) < 4.78 is 5.79. The van der Waals surface area contributed by atoms with Crippen molar-refractivity contribution in [3.63, 3.8) is 0 Å². The van der Waals surface area contributed by atoms with E-state index in [1.165, 1.54) is 0 Å². The van der Waals surface area contributed by atoms with Crippen molar-refractivity contribution in [2.45, 2.75) is 40.2 Å². The third-order valence-corrected chi connectivity index (χ3v) is 2.18. The smallest absolute Gasteiger partial charge is 0.0722 e. The quantitative estimate of drug-likeness (QED) is 0.660. The van der Waals surface area contributed by atoms with Gasteiger partial charge < -0.3 is 10.1 Å². The highest BCUT2D eigenvalue weighted by atomic mass is 16.5. The van der Waals surface area contributed by atoms with Crippen molar-refractivity contribution in [2.75, 3.05) is 20.2 Å². The van der Waals surface area contributed by atoms with Gasteiger partial charge in [0, 0.05) is 13.2 Å². The van der Waals surface area contributed by atoms with E-state index in [9.17, 15) is 0 Å². The van der Waals surface area contributed by atoms with E-state index < -0.39 is 0 Å². The number of hydrogen-bond acceptors (Lipinski definition) is 2. The molecule has 0 spiro atoms. The fourth-order valence-electron chi connectivity index (χ4n) is 1.14. The second-order valence-electron chi connectivity index (χ2n) is 4.39. The van der Waals surface area contributed by atoms with E-state index in [0.29, 0.717) is 12.0 Å². The van der Waals surface area contributed by atoms with Crippen LogP contribution in [0.25, 0.3) is 0 Å². The van der Waals surface area contributed by atoms with E-state index in [4.69, 9.17) is 4.74 Å². The fourth-order valence-corrected chi connectivity index (χ4v) is 1.14. The first-order valence-corrected chi connectivity index (χ1v) is 5.34. The van der Waals surface area contributed by atoms with Crippen LogP contribution < -0.4 is 5.32 Å². The Morgan fingerprint density at radius 1 is 1.15 bits per heavy atom. The molecule has 0 aromatic heterocycles. The molecule has 0 aliphatic rings. The Balaban J connectivity index is 3.57. The van der Waals surface area contributed by atoms with Crippen LogP contribution in [0.5, 0.6) is 0 Å². The first kappa shape index (κ1) is 12.9. The van der Waals surface area contributed by atoms with E-state index in [2.05, 4.69) is 33.0 Å². The van der Waals surface area contributed by atoms with Crippen LogP contribution in [-0.2, 0) is 4.74 Å². The van der Waals surface area contributed by atoms with Crippen LogP contribution in [0.15, 0.2) is 0 Å². The van der Waals surface area contributed by atoms with E-state index in [-0.39, 0.29) is 0 Å². The third-order valence-electron chi connectivity index (χ3n) is 2.18. The molecule has 0 amide bonds. The summed E-state index contributed by atoms with van der Waals surface area (Å²) in [6.07, 6.45) is 1.52. The number of ether oxygens (including phenoxy) is 1. The average Bonchev–Trinajstić information content (AvgIpc) is 2.02. The zero-order valence-electron chi connectivity index (χ0n) is 9.76. The number of hydrogen-bond donors (Lipinski definition) is 1. The second-order valence-corrected chi connectivity index (χ2v) is 4.39. The minimum Gasteiger partial charge on any atom is -0.377 e.